The molecule has 6 atom stereocenters. The van der Waals surface area contributed by atoms with Crippen molar-refractivity contribution in [1.29, 1.82) is 0 Å². The van der Waals surface area contributed by atoms with E-state index in [-0.39, 0.29) is 13.0 Å². The normalized spacial score (nSPS) is 34.3. The van der Waals surface area contributed by atoms with Crippen molar-refractivity contribution >= 4 is 22.2 Å². The molecule has 218 valence electrons. The van der Waals surface area contributed by atoms with Crippen molar-refractivity contribution in [3.63, 3.8) is 0 Å². The van der Waals surface area contributed by atoms with Gasteiger partial charge in [-0.3, -0.25) is 4.79 Å². The Kier molecular flexibility index (Phi) is 7.28. The zero-order valence-corrected chi connectivity index (χ0v) is 22.3. The first-order valence-corrected chi connectivity index (χ1v) is 13.9. The summed E-state index contributed by atoms with van der Waals surface area (Å²) < 4.78 is 112. The van der Waals surface area contributed by atoms with E-state index >= 15 is 0 Å². The van der Waals surface area contributed by atoms with Crippen LogP contribution in [0.4, 0.5) is 22.4 Å². The molecule has 1 amide bonds. The largest absolute Gasteiger partial charge is 0.743 e. The maximum Gasteiger partial charge on any atom is 0.410 e. The number of ether oxygens (including phenoxy) is 4. The van der Waals surface area contributed by atoms with Gasteiger partial charge in [0.15, 0.2) is 10.1 Å². The molecule has 38 heavy (non-hydrogen) atoms. The van der Waals surface area contributed by atoms with Gasteiger partial charge in [-0.05, 0) is 65.2 Å². The quantitative estimate of drug-likeness (QED) is 0.267. The smallest absolute Gasteiger partial charge is 0.410 e. The van der Waals surface area contributed by atoms with Gasteiger partial charge in [-0.15, -0.1) is 0 Å². The van der Waals surface area contributed by atoms with E-state index < -0.39 is 87.0 Å². The van der Waals surface area contributed by atoms with Crippen LogP contribution in [0.5, 0.6) is 0 Å². The summed E-state index contributed by atoms with van der Waals surface area (Å²) in [6, 6.07) is 0. The molecule has 0 aromatic carbocycles. The number of hydrogen-bond acceptors (Lipinski definition) is 9. The molecular weight excluding hydrogens is 542 g/mol. The summed E-state index contributed by atoms with van der Waals surface area (Å²) in [5, 5.41) is -5.76. The van der Waals surface area contributed by atoms with Gasteiger partial charge in [0.2, 0.25) is 5.79 Å². The monoisotopic (exact) mass is 574 g/mol. The van der Waals surface area contributed by atoms with Crippen LogP contribution in [-0.2, 0) is 33.9 Å². The van der Waals surface area contributed by atoms with Crippen molar-refractivity contribution in [2.45, 2.75) is 88.2 Å². The van der Waals surface area contributed by atoms with Crippen molar-refractivity contribution in [2.24, 2.45) is 23.7 Å². The fourth-order valence-corrected chi connectivity index (χ4v) is 6.47. The third kappa shape index (κ3) is 5.22. The van der Waals surface area contributed by atoms with Crippen LogP contribution < -0.4 is 0 Å². The van der Waals surface area contributed by atoms with E-state index in [2.05, 4.69) is 0 Å². The maximum atomic E-state index is 14.6. The highest BCUT2D eigenvalue weighted by atomic mass is 32.2. The van der Waals surface area contributed by atoms with Crippen LogP contribution in [0.2, 0.25) is 0 Å². The predicted molar refractivity (Wildman–Crippen MR) is 119 cm³/mol. The zero-order valence-electron chi connectivity index (χ0n) is 21.5. The van der Waals surface area contributed by atoms with E-state index in [1.165, 1.54) is 11.8 Å². The SMILES string of the molecule is CC(C)(C)OC(=O)N1CCC(C(=O)OCC2(C)OC3C4CC(C3O2)C(C(F)(F)C(F)(F)S(=O)(=O)[O-])C4)CC1. The Bertz CT molecular complexity index is 1060. The molecule has 2 saturated heterocycles. The molecule has 0 aromatic rings. The summed E-state index contributed by atoms with van der Waals surface area (Å²) in [5.41, 5.74) is -0.647. The van der Waals surface area contributed by atoms with E-state index in [1.54, 1.807) is 20.8 Å². The van der Waals surface area contributed by atoms with Gasteiger partial charge >= 0.3 is 23.2 Å². The summed E-state index contributed by atoms with van der Waals surface area (Å²) in [5.74, 6) is -11.5. The number of piperidine rings is 1. The lowest BCUT2D eigenvalue weighted by atomic mass is 9.81. The van der Waals surface area contributed by atoms with Crippen molar-refractivity contribution in [2.75, 3.05) is 19.7 Å². The molecular formula is C23H32F4NO9S-. The summed E-state index contributed by atoms with van der Waals surface area (Å²) >= 11 is 0. The first kappa shape index (κ1) is 29.3. The van der Waals surface area contributed by atoms with Gasteiger partial charge in [-0.25, -0.2) is 13.2 Å². The van der Waals surface area contributed by atoms with Crippen LogP contribution in [-0.4, -0.2) is 84.4 Å². The first-order chi connectivity index (χ1) is 17.3. The van der Waals surface area contributed by atoms with Gasteiger partial charge in [0.25, 0.3) is 0 Å². The Morgan fingerprint density at radius 2 is 1.63 bits per heavy atom. The van der Waals surface area contributed by atoms with Gasteiger partial charge < -0.3 is 28.4 Å². The van der Waals surface area contributed by atoms with E-state index in [0.717, 1.165) is 0 Å². The molecule has 2 saturated carbocycles. The van der Waals surface area contributed by atoms with Crippen LogP contribution >= 0.6 is 0 Å². The van der Waals surface area contributed by atoms with E-state index in [4.69, 9.17) is 18.9 Å². The Labute approximate surface area is 218 Å². The minimum Gasteiger partial charge on any atom is -0.743 e. The van der Waals surface area contributed by atoms with Crippen molar-refractivity contribution in [1.82, 2.24) is 4.90 Å². The van der Waals surface area contributed by atoms with Crippen molar-refractivity contribution in [3.8, 4) is 0 Å². The molecule has 15 heteroatoms. The van der Waals surface area contributed by atoms with E-state index in [1.807, 2.05) is 0 Å². The standard InChI is InChI=1S/C23H33F4NO9S/c1-20(2,3)37-19(30)28-7-5-12(6-8-28)18(29)34-11-21(4)35-16-13-9-14(17(16)36-21)15(10-13)22(24,25)23(26,27)38(31,32)33/h12-17H,5-11H2,1-4H3,(H,31,32,33)/p-1. The fraction of sp³-hybridized carbons (Fsp3) is 0.913. The van der Waals surface area contributed by atoms with Gasteiger partial charge in [0, 0.05) is 19.0 Å². The molecule has 4 fully saturated rings. The average Bonchev–Trinajstić information content (AvgIpc) is 3.46. The summed E-state index contributed by atoms with van der Waals surface area (Å²) in [6.07, 6.45) is -1.95. The number of carbonyl (C=O) groups is 2. The molecule has 10 nitrogen and oxygen atoms in total. The Balaban J connectivity index is 1.31. The van der Waals surface area contributed by atoms with Gasteiger partial charge in [-0.1, -0.05) is 0 Å². The lowest BCUT2D eigenvalue weighted by molar-refractivity contribution is -0.220. The highest BCUT2D eigenvalue weighted by Gasteiger charge is 2.73. The number of likely N-dealkylation sites (tertiary alicyclic amines) is 1. The van der Waals surface area contributed by atoms with Crippen LogP contribution in [0.25, 0.3) is 0 Å². The highest BCUT2D eigenvalue weighted by molar-refractivity contribution is 7.86. The predicted octanol–water partition coefficient (Wildman–Crippen LogP) is 3.11. The minimum absolute atomic E-state index is 0.0522. The lowest BCUT2D eigenvalue weighted by Crippen LogP contribution is -2.55. The molecule has 4 rings (SSSR count). The zero-order chi connectivity index (χ0) is 28.5. The molecule has 0 spiro atoms. The molecule has 4 aliphatic rings. The van der Waals surface area contributed by atoms with Crippen LogP contribution in [0.3, 0.4) is 0 Å². The molecule has 0 aromatic heterocycles. The van der Waals surface area contributed by atoms with Crippen LogP contribution in [0.15, 0.2) is 0 Å². The summed E-state index contributed by atoms with van der Waals surface area (Å²) in [4.78, 5) is 26.3. The van der Waals surface area contributed by atoms with Crippen LogP contribution in [0.1, 0.15) is 53.4 Å². The lowest BCUT2D eigenvalue weighted by Gasteiger charge is -2.38. The Morgan fingerprint density at radius 3 is 2.18 bits per heavy atom. The third-order valence-corrected chi connectivity index (χ3v) is 8.65. The molecule has 2 aliphatic carbocycles. The topological polar surface area (TPSA) is 132 Å². The second kappa shape index (κ2) is 9.44. The van der Waals surface area contributed by atoms with E-state index in [9.17, 15) is 40.1 Å². The highest BCUT2D eigenvalue weighted by Crippen LogP contribution is 2.61. The van der Waals surface area contributed by atoms with Gasteiger partial charge in [0.1, 0.15) is 12.2 Å². The number of rotatable bonds is 6. The number of esters is 1. The molecule has 2 bridgehead atoms. The van der Waals surface area contributed by atoms with Gasteiger partial charge in [-0.2, -0.15) is 17.6 Å². The molecule has 6 unspecified atom stereocenters. The number of halogens is 4. The Morgan fingerprint density at radius 1 is 1.05 bits per heavy atom. The molecule has 2 aliphatic heterocycles. The fourth-order valence-electron chi connectivity index (χ4n) is 5.99. The summed E-state index contributed by atoms with van der Waals surface area (Å²) in [6.45, 7) is 6.91. The number of nitrogens with zero attached hydrogens (tertiary/aromatic N) is 1. The molecule has 0 N–H and O–H groups in total. The second-order valence-electron chi connectivity index (χ2n) is 11.7. The minimum atomic E-state index is -6.60. The summed E-state index contributed by atoms with van der Waals surface area (Å²) in [7, 11) is -6.60. The average molecular weight is 575 g/mol. The number of fused-ring (bicyclic) bond motifs is 5. The second-order valence-corrected chi connectivity index (χ2v) is 13.2. The number of alkyl halides is 4. The van der Waals surface area contributed by atoms with Crippen LogP contribution in [0, 0.1) is 23.7 Å². The van der Waals surface area contributed by atoms with Crippen molar-refractivity contribution < 1.29 is 59.1 Å². The maximum absolute atomic E-state index is 14.6. The van der Waals surface area contributed by atoms with Gasteiger partial charge in [0.05, 0.1) is 18.1 Å². The van der Waals surface area contributed by atoms with E-state index in [0.29, 0.717) is 25.9 Å². The third-order valence-electron chi connectivity index (χ3n) is 7.75. The Hall–Kier alpha value is -1.71. The molecule has 2 heterocycles. The first-order valence-electron chi connectivity index (χ1n) is 12.5. The number of hydrogen-bond donors (Lipinski definition) is 0. The number of amides is 1. The van der Waals surface area contributed by atoms with Crippen molar-refractivity contribution in [3.05, 3.63) is 0 Å². The number of carbonyl (C=O) groups excluding carboxylic acids is 2. The molecule has 0 radical (unpaired) electrons.